The number of nitrogens with zero attached hydrogens (tertiary/aromatic N) is 3. The van der Waals surface area contributed by atoms with Crippen LogP contribution in [-0.4, -0.2) is 46.4 Å². The predicted molar refractivity (Wildman–Crippen MR) is 89.6 cm³/mol. The van der Waals surface area contributed by atoms with Gasteiger partial charge in [-0.2, -0.15) is 0 Å². The van der Waals surface area contributed by atoms with Crippen LogP contribution in [0.15, 0.2) is 5.16 Å². The normalized spacial score (nSPS) is 14.8. The standard InChI is InChI=1S/C14H18N4O2S2/c1-8-9(2)22-12-10(8)11(15)16-13(17-12)21-7-3-4-18-5-6-20-14(18)19/h3-7H2,1-2H3,(H2,15,16,17). The van der Waals surface area contributed by atoms with E-state index in [0.717, 1.165) is 22.4 Å². The Bertz CT molecular complexity index is 716. The Hall–Kier alpha value is -1.54. The van der Waals surface area contributed by atoms with Crippen molar-refractivity contribution in [2.75, 3.05) is 31.2 Å². The number of anilines is 1. The molecule has 8 heteroatoms. The van der Waals surface area contributed by atoms with E-state index < -0.39 is 0 Å². The minimum absolute atomic E-state index is 0.212. The van der Waals surface area contributed by atoms with Crippen LogP contribution in [0.4, 0.5) is 10.6 Å². The minimum Gasteiger partial charge on any atom is -0.448 e. The molecule has 1 amide bonds. The Labute approximate surface area is 137 Å². The number of hydrogen-bond acceptors (Lipinski definition) is 7. The number of cyclic esters (lactones) is 1. The van der Waals surface area contributed by atoms with Crippen LogP contribution in [0.3, 0.4) is 0 Å². The maximum atomic E-state index is 11.3. The molecule has 3 heterocycles. The topological polar surface area (TPSA) is 81.3 Å². The summed E-state index contributed by atoms with van der Waals surface area (Å²) in [5, 5.41) is 1.68. The summed E-state index contributed by atoms with van der Waals surface area (Å²) in [6.07, 6.45) is 0.667. The number of amides is 1. The molecule has 2 N–H and O–H groups in total. The zero-order valence-electron chi connectivity index (χ0n) is 12.6. The molecule has 118 valence electrons. The van der Waals surface area contributed by atoms with Crippen molar-refractivity contribution >= 4 is 45.2 Å². The third-order valence-electron chi connectivity index (χ3n) is 3.68. The molecule has 2 aromatic rings. The molecular formula is C14H18N4O2S2. The van der Waals surface area contributed by atoms with Gasteiger partial charge in [-0.3, -0.25) is 0 Å². The minimum atomic E-state index is -0.212. The molecule has 2 aromatic heterocycles. The van der Waals surface area contributed by atoms with Gasteiger partial charge in [0, 0.05) is 17.2 Å². The number of carbonyl (C=O) groups is 1. The number of fused-ring (bicyclic) bond motifs is 1. The molecule has 0 atom stereocenters. The fourth-order valence-electron chi connectivity index (χ4n) is 2.37. The molecule has 0 aliphatic carbocycles. The summed E-state index contributed by atoms with van der Waals surface area (Å²) in [4.78, 5) is 24.2. The van der Waals surface area contributed by atoms with Gasteiger partial charge in [-0.15, -0.1) is 11.3 Å². The highest BCUT2D eigenvalue weighted by Crippen LogP contribution is 2.33. The van der Waals surface area contributed by atoms with E-state index in [1.165, 1.54) is 10.4 Å². The second kappa shape index (κ2) is 6.29. The fraction of sp³-hybridized carbons (Fsp3) is 0.500. The first-order valence-corrected chi connectivity index (χ1v) is 8.94. The van der Waals surface area contributed by atoms with Crippen molar-refractivity contribution in [3.8, 4) is 0 Å². The number of thioether (sulfide) groups is 1. The van der Waals surface area contributed by atoms with Gasteiger partial charge in [0.05, 0.1) is 11.9 Å². The molecule has 22 heavy (non-hydrogen) atoms. The van der Waals surface area contributed by atoms with E-state index in [1.54, 1.807) is 28.0 Å². The first kappa shape index (κ1) is 15.4. The summed E-state index contributed by atoms with van der Waals surface area (Å²) in [5.74, 6) is 1.40. The lowest BCUT2D eigenvalue weighted by atomic mass is 10.2. The third-order valence-corrected chi connectivity index (χ3v) is 5.72. The first-order valence-electron chi connectivity index (χ1n) is 7.14. The summed E-state index contributed by atoms with van der Waals surface area (Å²) in [6.45, 7) is 6.02. The van der Waals surface area contributed by atoms with Gasteiger partial charge in [0.2, 0.25) is 0 Å². The summed E-state index contributed by atoms with van der Waals surface area (Å²) in [6, 6.07) is 0. The lowest BCUT2D eigenvalue weighted by Gasteiger charge is -2.11. The molecule has 1 fully saturated rings. The van der Waals surface area contributed by atoms with Crippen LogP contribution in [0, 0.1) is 13.8 Å². The van der Waals surface area contributed by atoms with Crippen LogP contribution in [-0.2, 0) is 4.74 Å². The van der Waals surface area contributed by atoms with Crippen LogP contribution in [0.1, 0.15) is 16.9 Å². The van der Waals surface area contributed by atoms with Crippen molar-refractivity contribution in [3.05, 3.63) is 10.4 Å². The SMILES string of the molecule is Cc1sc2nc(SCCCN3CCOC3=O)nc(N)c2c1C. The first-order chi connectivity index (χ1) is 10.6. The molecule has 0 radical (unpaired) electrons. The lowest BCUT2D eigenvalue weighted by Crippen LogP contribution is -2.25. The number of nitrogen functional groups attached to an aromatic ring is 1. The average molecular weight is 338 g/mol. The Morgan fingerprint density at radius 2 is 2.23 bits per heavy atom. The molecule has 3 rings (SSSR count). The maximum absolute atomic E-state index is 11.3. The van der Waals surface area contributed by atoms with E-state index in [-0.39, 0.29) is 6.09 Å². The number of nitrogens with two attached hydrogens (primary N) is 1. The molecule has 1 aliphatic heterocycles. The Morgan fingerprint density at radius 1 is 1.41 bits per heavy atom. The number of rotatable bonds is 5. The molecule has 1 aliphatic rings. The van der Waals surface area contributed by atoms with Gasteiger partial charge < -0.3 is 15.4 Å². The number of aryl methyl sites for hydroxylation is 2. The second-order valence-corrected chi connectivity index (χ2v) is 7.42. The highest BCUT2D eigenvalue weighted by Gasteiger charge is 2.21. The molecule has 0 aromatic carbocycles. The van der Waals surface area contributed by atoms with Crippen LogP contribution in [0.5, 0.6) is 0 Å². The number of carbonyl (C=O) groups excluding carboxylic acids is 1. The van der Waals surface area contributed by atoms with Crippen molar-refractivity contribution < 1.29 is 9.53 Å². The summed E-state index contributed by atoms with van der Waals surface area (Å²) >= 11 is 3.23. The van der Waals surface area contributed by atoms with Gasteiger partial charge in [0.1, 0.15) is 17.3 Å². The number of thiophene rings is 1. The van der Waals surface area contributed by atoms with E-state index >= 15 is 0 Å². The Balaban J connectivity index is 1.61. The average Bonchev–Trinajstić information content (AvgIpc) is 3.00. The Morgan fingerprint density at radius 3 is 2.95 bits per heavy atom. The molecule has 0 saturated carbocycles. The van der Waals surface area contributed by atoms with Crippen molar-refractivity contribution in [2.24, 2.45) is 0 Å². The smallest absolute Gasteiger partial charge is 0.409 e. The summed E-state index contributed by atoms with van der Waals surface area (Å²) in [5.41, 5.74) is 7.23. The molecular weight excluding hydrogens is 320 g/mol. The van der Waals surface area contributed by atoms with Gasteiger partial charge in [0.15, 0.2) is 5.16 Å². The van der Waals surface area contributed by atoms with Crippen molar-refractivity contribution in [1.82, 2.24) is 14.9 Å². The van der Waals surface area contributed by atoms with Gasteiger partial charge in [-0.1, -0.05) is 11.8 Å². The van der Waals surface area contributed by atoms with E-state index in [1.807, 2.05) is 0 Å². The predicted octanol–water partition coefficient (Wildman–Crippen LogP) is 2.82. The van der Waals surface area contributed by atoms with Crippen LogP contribution >= 0.6 is 23.1 Å². The number of ether oxygens (including phenoxy) is 1. The Kier molecular flexibility index (Phi) is 4.39. The van der Waals surface area contributed by atoms with Crippen LogP contribution in [0.25, 0.3) is 10.2 Å². The number of aromatic nitrogens is 2. The van der Waals surface area contributed by atoms with Crippen LogP contribution < -0.4 is 5.73 Å². The monoisotopic (exact) mass is 338 g/mol. The molecule has 6 nitrogen and oxygen atoms in total. The maximum Gasteiger partial charge on any atom is 0.409 e. The van der Waals surface area contributed by atoms with Gasteiger partial charge in [-0.05, 0) is 25.8 Å². The van der Waals surface area contributed by atoms with Gasteiger partial charge >= 0.3 is 6.09 Å². The molecule has 0 unspecified atom stereocenters. The van der Waals surface area contributed by atoms with Gasteiger partial charge in [-0.25, -0.2) is 14.8 Å². The molecule has 0 bridgehead atoms. The van der Waals surface area contributed by atoms with E-state index in [0.29, 0.717) is 30.7 Å². The highest BCUT2D eigenvalue weighted by molar-refractivity contribution is 7.99. The number of hydrogen-bond donors (Lipinski definition) is 1. The highest BCUT2D eigenvalue weighted by atomic mass is 32.2. The molecule has 0 spiro atoms. The van der Waals surface area contributed by atoms with E-state index in [2.05, 4.69) is 23.8 Å². The van der Waals surface area contributed by atoms with Crippen LogP contribution in [0.2, 0.25) is 0 Å². The summed E-state index contributed by atoms with van der Waals surface area (Å²) in [7, 11) is 0. The largest absolute Gasteiger partial charge is 0.448 e. The van der Waals surface area contributed by atoms with Crippen molar-refractivity contribution in [2.45, 2.75) is 25.4 Å². The second-order valence-electron chi connectivity index (χ2n) is 5.16. The van der Waals surface area contributed by atoms with Crippen molar-refractivity contribution in [1.29, 1.82) is 0 Å². The van der Waals surface area contributed by atoms with Gasteiger partial charge in [0.25, 0.3) is 0 Å². The molecule has 1 saturated heterocycles. The fourth-order valence-corrected chi connectivity index (χ4v) is 4.24. The third kappa shape index (κ3) is 2.98. The summed E-state index contributed by atoms with van der Waals surface area (Å²) < 4.78 is 4.90. The van der Waals surface area contributed by atoms with Crippen molar-refractivity contribution in [3.63, 3.8) is 0 Å². The lowest BCUT2D eigenvalue weighted by molar-refractivity contribution is 0.158. The quantitative estimate of drug-likeness (QED) is 0.513. The zero-order valence-corrected chi connectivity index (χ0v) is 14.2. The zero-order chi connectivity index (χ0) is 15.7. The van der Waals surface area contributed by atoms with E-state index in [4.69, 9.17) is 10.5 Å². The van der Waals surface area contributed by atoms with E-state index in [9.17, 15) is 4.79 Å².